The van der Waals surface area contributed by atoms with Gasteiger partial charge in [0.25, 0.3) is 0 Å². The first-order valence-electron chi connectivity index (χ1n) is 8.08. The van der Waals surface area contributed by atoms with Gasteiger partial charge in [0, 0.05) is 13.0 Å². The predicted molar refractivity (Wildman–Crippen MR) is 88.9 cm³/mol. The first-order chi connectivity index (χ1) is 10.6. The highest BCUT2D eigenvalue weighted by Crippen LogP contribution is 2.45. The van der Waals surface area contributed by atoms with Gasteiger partial charge in [0.05, 0.1) is 0 Å². The standard InChI is InChI=1S/C20H24O2/c1-4-21-19-13-14-20(22-19,17-9-5-15(2)6-10-17)18-11-7-16(3)8-12-18/h5-12,19H,4,13-14H2,1-3H3/t19-/m1/s1. The van der Waals surface area contributed by atoms with E-state index in [-0.39, 0.29) is 11.9 Å². The van der Waals surface area contributed by atoms with E-state index in [0.717, 1.165) is 12.8 Å². The van der Waals surface area contributed by atoms with Gasteiger partial charge >= 0.3 is 0 Å². The second-order valence-electron chi connectivity index (χ2n) is 6.10. The number of hydrogen-bond donors (Lipinski definition) is 0. The number of hydrogen-bond acceptors (Lipinski definition) is 2. The van der Waals surface area contributed by atoms with E-state index >= 15 is 0 Å². The summed E-state index contributed by atoms with van der Waals surface area (Å²) in [6, 6.07) is 17.4. The van der Waals surface area contributed by atoms with Crippen molar-refractivity contribution >= 4 is 0 Å². The molecule has 3 rings (SSSR count). The Balaban J connectivity index is 2.03. The predicted octanol–water partition coefficient (Wildman–Crippen LogP) is 4.72. The summed E-state index contributed by atoms with van der Waals surface area (Å²) in [5, 5.41) is 0. The van der Waals surface area contributed by atoms with Crippen molar-refractivity contribution in [1.29, 1.82) is 0 Å². The zero-order valence-electron chi connectivity index (χ0n) is 13.6. The molecule has 116 valence electrons. The largest absolute Gasteiger partial charge is 0.353 e. The lowest BCUT2D eigenvalue weighted by Crippen LogP contribution is -2.28. The molecule has 0 radical (unpaired) electrons. The molecule has 0 aliphatic carbocycles. The van der Waals surface area contributed by atoms with Gasteiger partial charge in [0.1, 0.15) is 5.60 Å². The van der Waals surface area contributed by atoms with Crippen LogP contribution in [0.15, 0.2) is 48.5 Å². The normalized spacial score (nSPS) is 20.2. The van der Waals surface area contributed by atoms with Gasteiger partial charge < -0.3 is 9.47 Å². The summed E-state index contributed by atoms with van der Waals surface area (Å²) >= 11 is 0. The van der Waals surface area contributed by atoms with E-state index in [1.54, 1.807) is 0 Å². The number of ether oxygens (including phenoxy) is 2. The average Bonchev–Trinajstić information content (AvgIpc) is 2.94. The minimum absolute atomic E-state index is 0.118. The first-order valence-corrected chi connectivity index (χ1v) is 8.08. The first kappa shape index (κ1) is 15.3. The van der Waals surface area contributed by atoms with Crippen LogP contribution in [0.2, 0.25) is 0 Å². The lowest BCUT2D eigenvalue weighted by molar-refractivity contribution is -0.156. The fourth-order valence-corrected chi connectivity index (χ4v) is 3.20. The Labute approximate surface area is 133 Å². The molecule has 1 atom stereocenters. The Bertz CT molecular complexity index is 568. The maximum Gasteiger partial charge on any atom is 0.159 e. The fourth-order valence-electron chi connectivity index (χ4n) is 3.20. The number of aryl methyl sites for hydroxylation is 2. The van der Waals surface area contributed by atoms with Gasteiger partial charge in [-0.15, -0.1) is 0 Å². The Morgan fingerprint density at radius 1 is 0.955 bits per heavy atom. The molecule has 1 aliphatic rings. The van der Waals surface area contributed by atoms with Gasteiger partial charge in [-0.3, -0.25) is 0 Å². The van der Waals surface area contributed by atoms with E-state index in [4.69, 9.17) is 9.47 Å². The molecule has 2 nitrogen and oxygen atoms in total. The van der Waals surface area contributed by atoms with Crippen molar-refractivity contribution in [2.75, 3.05) is 6.61 Å². The average molecular weight is 296 g/mol. The Morgan fingerprint density at radius 2 is 1.45 bits per heavy atom. The van der Waals surface area contributed by atoms with Gasteiger partial charge in [-0.25, -0.2) is 0 Å². The molecule has 1 fully saturated rings. The highest BCUT2D eigenvalue weighted by atomic mass is 16.7. The summed E-state index contributed by atoms with van der Waals surface area (Å²) in [7, 11) is 0. The zero-order chi connectivity index (χ0) is 15.6. The van der Waals surface area contributed by atoms with Crippen LogP contribution in [0.25, 0.3) is 0 Å². The summed E-state index contributed by atoms with van der Waals surface area (Å²) in [6.45, 7) is 6.92. The second-order valence-corrected chi connectivity index (χ2v) is 6.10. The molecule has 1 aliphatic heterocycles. The Kier molecular flexibility index (Phi) is 4.32. The molecule has 1 saturated heterocycles. The fraction of sp³-hybridized carbons (Fsp3) is 0.400. The van der Waals surface area contributed by atoms with Gasteiger partial charge in [0.15, 0.2) is 6.29 Å². The molecule has 0 saturated carbocycles. The molecule has 0 aromatic heterocycles. The van der Waals surface area contributed by atoms with Crippen LogP contribution in [0.4, 0.5) is 0 Å². The quantitative estimate of drug-likeness (QED) is 0.812. The van der Waals surface area contributed by atoms with E-state index in [1.807, 2.05) is 6.92 Å². The highest BCUT2D eigenvalue weighted by Gasteiger charge is 2.43. The molecule has 22 heavy (non-hydrogen) atoms. The highest BCUT2D eigenvalue weighted by molar-refractivity contribution is 5.39. The van der Waals surface area contributed by atoms with Crippen LogP contribution in [0.5, 0.6) is 0 Å². The molecular weight excluding hydrogens is 272 g/mol. The summed E-state index contributed by atoms with van der Waals surface area (Å²) in [4.78, 5) is 0. The molecule has 0 N–H and O–H groups in total. The van der Waals surface area contributed by atoms with Crippen molar-refractivity contribution in [1.82, 2.24) is 0 Å². The van der Waals surface area contributed by atoms with E-state index in [1.165, 1.54) is 22.3 Å². The smallest absolute Gasteiger partial charge is 0.159 e. The lowest BCUT2D eigenvalue weighted by Gasteiger charge is -2.31. The molecule has 0 bridgehead atoms. The van der Waals surface area contributed by atoms with Crippen LogP contribution < -0.4 is 0 Å². The molecule has 0 unspecified atom stereocenters. The summed E-state index contributed by atoms with van der Waals surface area (Å²) in [5.41, 5.74) is 4.57. The molecule has 0 spiro atoms. The molecule has 0 amide bonds. The number of rotatable bonds is 4. The summed E-state index contributed by atoms with van der Waals surface area (Å²) in [5.74, 6) is 0. The van der Waals surface area contributed by atoms with Crippen molar-refractivity contribution in [2.24, 2.45) is 0 Å². The van der Waals surface area contributed by atoms with Gasteiger partial charge in [-0.05, 0) is 38.3 Å². The Hall–Kier alpha value is -1.64. The van der Waals surface area contributed by atoms with Crippen LogP contribution in [0.1, 0.15) is 42.0 Å². The van der Waals surface area contributed by atoms with Crippen molar-refractivity contribution in [3.8, 4) is 0 Å². The van der Waals surface area contributed by atoms with E-state index < -0.39 is 0 Å². The minimum Gasteiger partial charge on any atom is -0.353 e. The Morgan fingerprint density at radius 3 is 1.91 bits per heavy atom. The van der Waals surface area contributed by atoms with Crippen molar-refractivity contribution in [3.05, 3.63) is 70.8 Å². The molecule has 2 heteroatoms. The topological polar surface area (TPSA) is 18.5 Å². The third-order valence-corrected chi connectivity index (χ3v) is 4.45. The van der Waals surface area contributed by atoms with Gasteiger partial charge in [-0.2, -0.15) is 0 Å². The SMILES string of the molecule is CCO[C@H]1CCC(c2ccc(C)cc2)(c2ccc(C)cc2)O1. The molecule has 1 heterocycles. The van der Waals surface area contributed by atoms with Crippen LogP contribution in [-0.4, -0.2) is 12.9 Å². The van der Waals surface area contributed by atoms with E-state index in [9.17, 15) is 0 Å². The van der Waals surface area contributed by atoms with Crippen molar-refractivity contribution in [2.45, 2.75) is 45.5 Å². The third kappa shape index (κ3) is 2.81. The molecule has 2 aromatic rings. The monoisotopic (exact) mass is 296 g/mol. The van der Waals surface area contributed by atoms with Crippen molar-refractivity contribution in [3.63, 3.8) is 0 Å². The van der Waals surface area contributed by atoms with E-state index in [2.05, 4.69) is 62.4 Å². The lowest BCUT2D eigenvalue weighted by atomic mass is 9.83. The van der Waals surface area contributed by atoms with E-state index in [0.29, 0.717) is 6.61 Å². The second kappa shape index (κ2) is 6.23. The number of benzene rings is 2. The van der Waals surface area contributed by atoms with Crippen molar-refractivity contribution < 1.29 is 9.47 Å². The molecule has 2 aromatic carbocycles. The maximum atomic E-state index is 6.42. The summed E-state index contributed by atoms with van der Waals surface area (Å²) < 4.78 is 12.1. The van der Waals surface area contributed by atoms with Crippen LogP contribution in [0, 0.1) is 13.8 Å². The summed E-state index contributed by atoms with van der Waals surface area (Å²) in [6.07, 6.45) is 1.76. The van der Waals surface area contributed by atoms with Crippen LogP contribution in [-0.2, 0) is 15.1 Å². The van der Waals surface area contributed by atoms with Crippen LogP contribution >= 0.6 is 0 Å². The zero-order valence-corrected chi connectivity index (χ0v) is 13.6. The van der Waals surface area contributed by atoms with Gasteiger partial charge in [0.2, 0.25) is 0 Å². The molecular formula is C20H24O2. The third-order valence-electron chi connectivity index (χ3n) is 4.45. The van der Waals surface area contributed by atoms with Crippen LogP contribution in [0.3, 0.4) is 0 Å². The minimum atomic E-state index is -0.388. The maximum absolute atomic E-state index is 6.42. The van der Waals surface area contributed by atoms with Gasteiger partial charge in [-0.1, -0.05) is 59.7 Å².